The average molecular weight is 304 g/mol. The fourth-order valence-corrected chi connectivity index (χ4v) is 1.79. The lowest BCUT2D eigenvalue weighted by molar-refractivity contribution is -0.0541. The number of hydrogen-bond acceptors (Lipinski definition) is 9. The first kappa shape index (κ1) is 16.5. The number of carbonyl (C=O) groups excluding carboxylic acids is 1. The molecule has 0 aliphatic rings. The highest BCUT2D eigenvalue weighted by atomic mass is 32.1. The molecule has 1 aromatic rings. The molecule has 0 saturated heterocycles. The van der Waals surface area contributed by atoms with Crippen molar-refractivity contribution in [2.75, 3.05) is 19.1 Å². The number of carbonyl (C=O) groups is 1. The Balaban J connectivity index is 2.52. The summed E-state index contributed by atoms with van der Waals surface area (Å²) in [6.45, 7) is -0.679. The van der Waals surface area contributed by atoms with E-state index < -0.39 is 24.9 Å². The molecule has 1 aromatic heterocycles. The first-order valence-corrected chi connectivity index (χ1v) is 6.49. The molecule has 0 aliphatic heterocycles. The number of rotatable bonds is 7. The Morgan fingerprint density at radius 1 is 1.55 bits per heavy atom. The van der Waals surface area contributed by atoms with Crippen molar-refractivity contribution < 1.29 is 25.2 Å². The van der Waals surface area contributed by atoms with Gasteiger partial charge < -0.3 is 25.7 Å². The zero-order chi connectivity index (χ0) is 15.1. The first-order valence-electron chi connectivity index (χ1n) is 5.61. The molecule has 0 aliphatic carbocycles. The van der Waals surface area contributed by atoms with Crippen LogP contribution in [0.15, 0.2) is 10.5 Å². The van der Waals surface area contributed by atoms with Gasteiger partial charge in [-0.25, -0.2) is 4.98 Å². The highest BCUT2D eigenvalue weighted by molar-refractivity contribution is 7.13. The van der Waals surface area contributed by atoms with Gasteiger partial charge in [0.25, 0.3) is 5.91 Å². The lowest BCUT2D eigenvalue weighted by Gasteiger charge is -2.17. The van der Waals surface area contributed by atoms with Crippen LogP contribution < -0.4 is 10.7 Å². The van der Waals surface area contributed by atoms with Crippen molar-refractivity contribution >= 4 is 28.6 Å². The topological polar surface area (TPSA) is 147 Å². The van der Waals surface area contributed by atoms with Crippen molar-refractivity contribution in [3.8, 4) is 0 Å². The van der Waals surface area contributed by atoms with E-state index in [4.69, 9.17) is 10.2 Å². The highest BCUT2D eigenvalue weighted by Crippen LogP contribution is 2.14. The van der Waals surface area contributed by atoms with Crippen LogP contribution in [-0.4, -0.2) is 69.5 Å². The van der Waals surface area contributed by atoms with Gasteiger partial charge in [0.1, 0.15) is 24.0 Å². The zero-order valence-corrected chi connectivity index (χ0v) is 11.4. The van der Waals surface area contributed by atoms with Gasteiger partial charge in [-0.1, -0.05) is 0 Å². The van der Waals surface area contributed by atoms with Crippen molar-refractivity contribution in [2.45, 2.75) is 18.3 Å². The molecule has 1 amide bonds. The maximum Gasteiger partial charge on any atom is 0.270 e. The van der Waals surface area contributed by atoms with Gasteiger partial charge in [-0.15, -0.1) is 11.3 Å². The second-order valence-corrected chi connectivity index (χ2v) is 4.60. The quantitative estimate of drug-likeness (QED) is 0.251. The van der Waals surface area contributed by atoms with E-state index in [-0.39, 0.29) is 11.6 Å². The molecule has 10 heteroatoms. The third-order valence-electron chi connectivity index (χ3n) is 2.28. The molecule has 112 valence electrons. The van der Waals surface area contributed by atoms with Crippen molar-refractivity contribution in [3.05, 3.63) is 11.1 Å². The van der Waals surface area contributed by atoms with Gasteiger partial charge >= 0.3 is 0 Å². The Morgan fingerprint density at radius 2 is 2.25 bits per heavy atom. The van der Waals surface area contributed by atoms with Crippen molar-refractivity contribution in [3.63, 3.8) is 0 Å². The summed E-state index contributed by atoms with van der Waals surface area (Å²) in [6.07, 6.45) is -3.52. The summed E-state index contributed by atoms with van der Waals surface area (Å²) in [5, 5.41) is 44.4. The van der Waals surface area contributed by atoms with E-state index in [2.05, 4.69) is 20.8 Å². The fourth-order valence-electron chi connectivity index (χ4n) is 1.15. The third kappa shape index (κ3) is 4.51. The fraction of sp³-hybridized carbons (Fsp3) is 0.500. The smallest absolute Gasteiger partial charge is 0.270 e. The van der Waals surface area contributed by atoms with Crippen LogP contribution in [0.1, 0.15) is 10.5 Å². The van der Waals surface area contributed by atoms with Crippen molar-refractivity contribution in [1.29, 1.82) is 0 Å². The monoisotopic (exact) mass is 304 g/mol. The van der Waals surface area contributed by atoms with Crippen LogP contribution in [0.5, 0.6) is 0 Å². The number of aliphatic hydroxyl groups is 4. The maximum atomic E-state index is 11.2. The normalized spacial score (nSPS) is 15.8. The predicted octanol–water partition coefficient (Wildman–Crippen LogP) is -2.02. The second kappa shape index (κ2) is 7.87. The largest absolute Gasteiger partial charge is 0.394 e. The molecule has 1 heterocycles. The molecule has 1 rings (SSSR count). The third-order valence-corrected chi connectivity index (χ3v) is 3.03. The van der Waals surface area contributed by atoms with E-state index in [1.807, 2.05) is 0 Å². The number of hydrazone groups is 1. The molecule has 0 aromatic carbocycles. The number of amides is 1. The summed E-state index contributed by atoms with van der Waals surface area (Å²) in [5.74, 6) is -0.334. The molecule has 0 radical (unpaired) electrons. The number of nitrogens with one attached hydrogen (secondary N) is 2. The summed E-state index contributed by atoms with van der Waals surface area (Å²) in [6, 6.07) is 0. The SMILES string of the molecule is CNC(=O)c1csc(N/N=C\[C@@H](O)[C@@H](O)[C@H](O)CO)n1. The van der Waals surface area contributed by atoms with Crippen LogP contribution in [0.25, 0.3) is 0 Å². The van der Waals surface area contributed by atoms with Gasteiger partial charge in [0, 0.05) is 12.4 Å². The molecule has 20 heavy (non-hydrogen) atoms. The zero-order valence-electron chi connectivity index (χ0n) is 10.6. The molecule has 3 atom stereocenters. The summed E-state index contributed by atoms with van der Waals surface area (Å²) < 4.78 is 0. The van der Waals surface area contributed by atoms with Crippen LogP contribution in [0.4, 0.5) is 5.13 Å². The molecule has 0 fully saturated rings. The van der Waals surface area contributed by atoms with Gasteiger partial charge in [-0.05, 0) is 0 Å². The summed E-state index contributed by atoms with van der Waals surface area (Å²) in [7, 11) is 1.48. The number of nitrogens with zero attached hydrogens (tertiary/aromatic N) is 2. The van der Waals surface area contributed by atoms with E-state index in [0.29, 0.717) is 5.13 Å². The maximum absolute atomic E-state index is 11.2. The minimum atomic E-state index is -1.55. The molecule has 0 spiro atoms. The van der Waals surface area contributed by atoms with E-state index in [1.54, 1.807) is 0 Å². The standard InChI is InChI=1S/C10H16N4O5S/c1-11-9(19)5-4-20-10(13-5)14-12-2-6(16)8(18)7(17)3-15/h2,4,6-8,15-18H,3H2,1H3,(H,11,19)(H,13,14)/b12-2-/t6-,7-,8-/m1/s1. The summed E-state index contributed by atoms with van der Waals surface area (Å²) in [5.41, 5.74) is 2.70. The molecule has 0 bridgehead atoms. The van der Waals surface area contributed by atoms with Crippen LogP contribution >= 0.6 is 11.3 Å². The number of thiazole rings is 1. The minimum absolute atomic E-state index is 0.228. The van der Waals surface area contributed by atoms with Crippen molar-refractivity contribution in [2.24, 2.45) is 5.10 Å². The number of aromatic nitrogens is 1. The number of aliphatic hydroxyl groups excluding tert-OH is 4. The lowest BCUT2D eigenvalue weighted by Crippen LogP contribution is -2.40. The minimum Gasteiger partial charge on any atom is -0.394 e. The first-order chi connectivity index (χ1) is 9.49. The molecule has 0 saturated carbocycles. The average Bonchev–Trinajstić information content (AvgIpc) is 2.93. The molecular weight excluding hydrogens is 288 g/mol. The van der Waals surface area contributed by atoms with Gasteiger partial charge in [0.15, 0.2) is 0 Å². The lowest BCUT2D eigenvalue weighted by atomic mass is 10.1. The van der Waals surface area contributed by atoms with E-state index >= 15 is 0 Å². The molecule has 0 unspecified atom stereocenters. The van der Waals surface area contributed by atoms with Crippen LogP contribution in [0, 0.1) is 0 Å². The Morgan fingerprint density at radius 3 is 2.85 bits per heavy atom. The highest BCUT2D eigenvalue weighted by Gasteiger charge is 2.22. The predicted molar refractivity (Wildman–Crippen MR) is 72.7 cm³/mol. The van der Waals surface area contributed by atoms with Crippen LogP contribution in [-0.2, 0) is 0 Å². The molecule has 6 N–H and O–H groups in total. The Bertz CT molecular complexity index is 466. The Kier molecular flexibility index (Phi) is 6.48. The number of hydrogen-bond donors (Lipinski definition) is 6. The van der Waals surface area contributed by atoms with Gasteiger partial charge in [-0.3, -0.25) is 10.2 Å². The van der Waals surface area contributed by atoms with E-state index in [1.165, 1.54) is 12.4 Å². The summed E-state index contributed by atoms with van der Waals surface area (Å²) in [4.78, 5) is 15.2. The van der Waals surface area contributed by atoms with Crippen LogP contribution in [0.2, 0.25) is 0 Å². The molecular formula is C10H16N4O5S. The van der Waals surface area contributed by atoms with Crippen molar-refractivity contribution in [1.82, 2.24) is 10.3 Å². The van der Waals surface area contributed by atoms with Gasteiger partial charge in [0.05, 0.1) is 12.8 Å². The molecule has 9 nitrogen and oxygen atoms in total. The van der Waals surface area contributed by atoms with Crippen LogP contribution in [0.3, 0.4) is 0 Å². The van der Waals surface area contributed by atoms with E-state index in [9.17, 15) is 15.0 Å². The van der Waals surface area contributed by atoms with E-state index in [0.717, 1.165) is 17.6 Å². The number of anilines is 1. The Hall–Kier alpha value is -1.59. The Labute approximate surface area is 118 Å². The van der Waals surface area contributed by atoms with Gasteiger partial charge in [0.2, 0.25) is 5.13 Å². The van der Waals surface area contributed by atoms with Gasteiger partial charge in [-0.2, -0.15) is 5.10 Å². The summed E-state index contributed by atoms with van der Waals surface area (Å²) >= 11 is 1.13. The second-order valence-electron chi connectivity index (χ2n) is 3.74.